The number of aromatic nitrogens is 3. The Balaban J connectivity index is 1.63. The summed E-state index contributed by atoms with van der Waals surface area (Å²) in [5.41, 5.74) is 0.610. The predicted octanol–water partition coefficient (Wildman–Crippen LogP) is 1.21. The zero-order valence-corrected chi connectivity index (χ0v) is 14.3. The number of carbonyl (C=O) groups is 1. The Kier molecular flexibility index (Phi) is 4.59. The molecule has 7 nitrogen and oxygen atoms in total. The maximum Gasteiger partial charge on any atom is 0.254 e. The molecule has 0 bridgehead atoms. The molecule has 0 spiro atoms. The highest BCUT2D eigenvalue weighted by Crippen LogP contribution is 2.18. The summed E-state index contributed by atoms with van der Waals surface area (Å²) in [6.07, 6.45) is 3.45. The van der Waals surface area contributed by atoms with Gasteiger partial charge >= 0.3 is 0 Å². The molecule has 2 aromatic heterocycles. The van der Waals surface area contributed by atoms with Gasteiger partial charge in [-0.05, 0) is 25.1 Å². The van der Waals surface area contributed by atoms with E-state index in [2.05, 4.69) is 24.8 Å². The third-order valence-corrected chi connectivity index (χ3v) is 4.09. The number of aryl methyl sites for hydroxylation is 1. The molecule has 1 aliphatic rings. The van der Waals surface area contributed by atoms with Gasteiger partial charge in [-0.3, -0.25) is 4.79 Å². The molecule has 0 radical (unpaired) electrons. The first-order valence-corrected chi connectivity index (χ1v) is 8.02. The number of anilines is 2. The number of hydrogen-bond donors (Lipinski definition) is 0. The van der Waals surface area contributed by atoms with Crippen LogP contribution in [0.2, 0.25) is 0 Å². The molecule has 0 atom stereocenters. The normalized spacial score (nSPS) is 14.6. The summed E-state index contributed by atoms with van der Waals surface area (Å²) >= 11 is 0. The van der Waals surface area contributed by atoms with Gasteiger partial charge in [0, 0.05) is 52.7 Å². The number of nitrogens with zero attached hydrogens (tertiary/aromatic N) is 6. The van der Waals surface area contributed by atoms with Crippen LogP contribution in [0.5, 0.6) is 0 Å². The van der Waals surface area contributed by atoms with E-state index in [-0.39, 0.29) is 5.91 Å². The molecule has 2 aromatic rings. The van der Waals surface area contributed by atoms with Gasteiger partial charge in [0.05, 0.1) is 5.56 Å². The lowest BCUT2D eigenvalue weighted by Gasteiger charge is -2.36. The molecule has 1 aliphatic heterocycles. The molecular weight excluding hydrogens is 304 g/mol. The van der Waals surface area contributed by atoms with Gasteiger partial charge in [-0.15, -0.1) is 0 Å². The maximum atomic E-state index is 11.9. The van der Waals surface area contributed by atoms with Crippen molar-refractivity contribution in [2.75, 3.05) is 50.1 Å². The largest absolute Gasteiger partial charge is 0.353 e. The van der Waals surface area contributed by atoms with E-state index in [1.165, 1.54) is 0 Å². The summed E-state index contributed by atoms with van der Waals surface area (Å²) in [7, 11) is 3.48. The van der Waals surface area contributed by atoms with Gasteiger partial charge in [0.15, 0.2) is 0 Å². The minimum absolute atomic E-state index is 0.0296. The average Bonchev–Trinajstić information content (AvgIpc) is 2.61. The molecule has 0 N–H and O–H groups in total. The first-order valence-electron chi connectivity index (χ1n) is 8.02. The van der Waals surface area contributed by atoms with Crippen LogP contribution in [0.4, 0.5) is 11.6 Å². The average molecular weight is 326 g/mol. The molecule has 0 aromatic carbocycles. The smallest absolute Gasteiger partial charge is 0.254 e. The highest BCUT2D eigenvalue weighted by Gasteiger charge is 2.19. The van der Waals surface area contributed by atoms with Crippen LogP contribution in [0.15, 0.2) is 30.6 Å². The first-order chi connectivity index (χ1) is 11.5. The Morgan fingerprint density at radius 2 is 1.67 bits per heavy atom. The summed E-state index contributed by atoms with van der Waals surface area (Å²) in [5, 5.41) is 0. The van der Waals surface area contributed by atoms with Gasteiger partial charge in [-0.25, -0.2) is 15.0 Å². The molecule has 0 unspecified atom stereocenters. The molecule has 0 saturated carbocycles. The van der Waals surface area contributed by atoms with Crippen LogP contribution in [0.3, 0.4) is 0 Å². The van der Waals surface area contributed by atoms with Crippen molar-refractivity contribution < 1.29 is 4.79 Å². The number of rotatable bonds is 3. The summed E-state index contributed by atoms with van der Waals surface area (Å²) in [5.74, 6) is 2.64. The molecule has 0 aliphatic carbocycles. The molecule has 1 saturated heterocycles. The van der Waals surface area contributed by atoms with Gasteiger partial charge in [-0.1, -0.05) is 0 Å². The molecule has 7 heteroatoms. The quantitative estimate of drug-likeness (QED) is 0.845. The van der Waals surface area contributed by atoms with Crippen LogP contribution in [-0.2, 0) is 0 Å². The second kappa shape index (κ2) is 6.82. The molecule has 24 heavy (non-hydrogen) atoms. The Morgan fingerprint density at radius 1 is 1.00 bits per heavy atom. The Morgan fingerprint density at radius 3 is 2.21 bits per heavy atom. The Hall–Kier alpha value is -2.70. The van der Waals surface area contributed by atoms with E-state index in [9.17, 15) is 4.79 Å². The van der Waals surface area contributed by atoms with Crippen molar-refractivity contribution in [2.45, 2.75) is 6.92 Å². The van der Waals surface area contributed by atoms with E-state index in [1.807, 2.05) is 25.1 Å². The lowest BCUT2D eigenvalue weighted by atomic mass is 10.2. The van der Waals surface area contributed by atoms with Crippen molar-refractivity contribution in [3.8, 4) is 0 Å². The molecule has 3 heterocycles. The van der Waals surface area contributed by atoms with Crippen LogP contribution in [0.25, 0.3) is 0 Å². The topological polar surface area (TPSA) is 65.5 Å². The molecular formula is C17H22N6O. The SMILES string of the molecule is Cc1nccc(N2CCN(c3ccc(C(=O)N(C)C)cn3)CC2)n1. The predicted molar refractivity (Wildman–Crippen MR) is 93.4 cm³/mol. The second-order valence-corrected chi connectivity index (χ2v) is 6.04. The number of pyridine rings is 1. The van der Waals surface area contributed by atoms with E-state index in [0.29, 0.717) is 5.56 Å². The standard InChI is InChI=1S/C17H22N6O/c1-13-18-7-6-16(20-13)23-10-8-22(9-11-23)15-5-4-14(12-19-15)17(24)21(2)3/h4-7,12H,8-11H2,1-3H3. The lowest BCUT2D eigenvalue weighted by Crippen LogP contribution is -2.47. The van der Waals surface area contributed by atoms with E-state index in [4.69, 9.17) is 0 Å². The molecule has 1 amide bonds. The summed E-state index contributed by atoms with van der Waals surface area (Å²) in [6, 6.07) is 5.70. The van der Waals surface area contributed by atoms with Gasteiger partial charge in [0.25, 0.3) is 5.91 Å². The maximum absolute atomic E-state index is 11.9. The molecule has 126 valence electrons. The van der Waals surface area contributed by atoms with Gasteiger partial charge in [-0.2, -0.15) is 0 Å². The third kappa shape index (κ3) is 3.45. The van der Waals surface area contributed by atoms with Crippen molar-refractivity contribution >= 4 is 17.5 Å². The van der Waals surface area contributed by atoms with E-state index < -0.39 is 0 Å². The number of amides is 1. The molecule has 3 rings (SSSR count). The minimum atomic E-state index is -0.0296. The fraction of sp³-hybridized carbons (Fsp3) is 0.412. The monoisotopic (exact) mass is 326 g/mol. The summed E-state index contributed by atoms with van der Waals surface area (Å²) in [6.45, 7) is 5.42. The van der Waals surface area contributed by atoms with Gasteiger partial charge in [0.1, 0.15) is 17.5 Å². The first kappa shape index (κ1) is 16.2. The fourth-order valence-electron chi connectivity index (χ4n) is 2.74. The zero-order valence-electron chi connectivity index (χ0n) is 14.3. The Bertz CT molecular complexity index is 707. The van der Waals surface area contributed by atoms with Gasteiger partial charge < -0.3 is 14.7 Å². The van der Waals surface area contributed by atoms with E-state index >= 15 is 0 Å². The van der Waals surface area contributed by atoms with E-state index in [1.54, 1.807) is 31.4 Å². The van der Waals surface area contributed by atoms with Crippen LogP contribution >= 0.6 is 0 Å². The Labute approximate surface area is 142 Å². The van der Waals surface area contributed by atoms with Crippen LogP contribution in [0, 0.1) is 6.92 Å². The van der Waals surface area contributed by atoms with Crippen molar-refractivity contribution in [3.63, 3.8) is 0 Å². The van der Waals surface area contributed by atoms with Crippen molar-refractivity contribution in [1.29, 1.82) is 0 Å². The third-order valence-electron chi connectivity index (χ3n) is 4.09. The fourth-order valence-corrected chi connectivity index (χ4v) is 2.74. The summed E-state index contributed by atoms with van der Waals surface area (Å²) in [4.78, 5) is 31.0. The number of hydrogen-bond acceptors (Lipinski definition) is 6. The van der Waals surface area contributed by atoms with Crippen LogP contribution in [0.1, 0.15) is 16.2 Å². The van der Waals surface area contributed by atoms with Gasteiger partial charge in [0.2, 0.25) is 0 Å². The zero-order chi connectivity index (χ0) is 17.1. The molecule has 1 fully saturated rings. The van der Waals surface area contributed by atoms with Crippen molar-refractivity contribution in [3.05, 3.63) is 42.0 Å². The van der Waals surface area contributed by atoms with Crippen molar-refractivity contribution in [2.24, 2.45) is 0 Å². The van der Waals surface area contributed by atoms with Crippen LogP contribution < -0.4 is 9.80 Å². The highest BCUT2D eigenvalue weighted by molar-refractivity contribution is 5.93. The lowest BCUT2D eigenvalue weighted by molar-refractivity contribution is 0.0827. The summed E-state index contributed by atoms with van der Waals surface area (Å²) < 4.78 is 0. The highest BCUT2D eigenvalue weighted by atomic mass is 16.2. The second-order valence-electron chi connectivity index (χ2n) is 6.04. The van der Waals surface area contributed by atoms with Crippen molar-refractivity contribution in [1.82, 2.24) is 19.9 Å². The van der Waals surface area contributed by atoms with E-state index in [0.717, 1.165) is 43.6 Å². The number of carbonyl (C=O) groups excluding carboxylic acids is 1. The minimum Gasteiger partial charge on any atom is -0.353 e. The van der Waals surface area contributed by atoms with Crippen LogP contribution in [-0.4, -0.2) is 66.0 Å². The number of piperazine rings is 1.